The van der Waals surface area contributed by atoms with Gasteiger partial charge >= 0.3 is 0 Å². The predicted molar refractivity (Wildman–Crippen MR) is 69.2 cm³/mol. The average Bonchev–Trinajstić information content (AvgIpc) is 2.98. The van der Waals surface area contributed by atoms with Crippen LogP contribution in [0.25, 0.3) is 0 Å². The van der Waals surface area contributed by atoms with Crippen molar-refractivity contribution in [2.75, 3.05) is 5.75 Å². The van der Waals surface area contributed by atoms with Crippen LogP contribution in [0.3, 0.4) is 0 Å². The summed E-state index contributed by atoms with van der Waals surface area (Å²) >= 11 is 1.90. The number of aromatic amines is 1. The molecule has 0 bridgehead atoms. The minimum atomic E-state index is -0.0184. The molecule has 2 fully saturated rings. The molecule has 2 heterocycles. The maximum absolute atomic E-state index is 11.6. The molecule has 4 nitrogen and oxygen atoms in total. The van der Waals surface area contributed by atoms with Gasteiger partial charge in [0.05, 0.1) is 10.9 Å². The first-order valence-corrected chi connectivity index (χ1v) is 7.31. The van der Waals surface area contributed by atoms with Gasteiger partial charge in [-0.15, -0.1) is 0 Å². The van der Waals surface area contributed by atoms with Crippen molar-refractivity contribution in [1.82, 2.24) is 15.3 Å². The molecule has 1 unspecified atom stereocenters. The normalized spacial score (nSPS) is 24.1. The van der Waals surface area contributed by atoms with Crippen LogP contribution >= 0.6 is 11.8 Å². The lowest BCUT2D eigenvalue weighted by Gasteiger charge is -2.09. The SMILES string of the molecule is O=c1cc(CNC2CC2)nc(C2CCCS2)[nH]1. The predicted octanol–water partition coefficient (Wildman–Crippen LogP) is 1.59. The second kappa shape index (κ2) is 4.82. The molecule has 1 aliphatic heterocycles. The lowest BCUT2D eigenvalue weighted by Crippen LogP contribution is -2.20. The van der Waals surface area contributed by atoms with E-state index in [0.29, 0.717) is 11.3 Å². The summed E-state index contributed by atoms with van der Waals surface area (Å²) in [4.78, 5) is 19.0. The van der Waals surface area contributed by atoms with E-state index in [1.807, 2.05) is 11.8 Å². The highest BCUT2D eigenvalue weighted by Crippen LogP contribution is 2.37. The van der Waals surface area contributed by atoms with E-state index in [4.69, 9.17) is 0 Å². The summed E-state index contributed by atoms with van der Waals surface area (Å²) in [5.74, 6) is 2.05. The highest BCUT2D eigenvalue weighted by molar-refractivity contribution is 7.99. The summed E-state index contributed by atoms with van der Waals surface area (Å²) in [6.45, 7) is 0.721. The fraction of sp³-hybridized carbons (Fsp3) is 0.667. The Labute approximate surface area is 105 Å². The Kier molecular flexibility index (Phi) is 3.20. The zero-order valence-electron chi connectivity index (χ0n) is 9.74. The van der Waals surface area contributed by atoms with E-state index in [1.165, 1.54) is 25.0 Å². The quantitative estimate of drug-likeness (QED) is 0.853. The van der Waals surface area contributed by atoms with Crippen LogP contribution in [0.4, 0.5) is 0 Å². The fourth-order valence-corrected chi connectivity index (χ4v) is 3.32. The Bertz CT molecular complexity index is 449. The van der Waals surface area contributed by atoms with E-state index >= 15 is 0 Å². The van der Waals surface area contributed by atoms with Crippen LogP contribution in [-0.2, 0) is 6.54 Å². The molecule has 0 amide bonds. The second-order valence-corrected chi connectivity index (χ2v) is 6.09. The number of aromatic nitrogens is 2. The van der Waals surface area contributed by atoms with Gasteiger partial charge in [-0.3, -0.25) is 4.79 Å². The summed E-state index contributed by atoms with van der Waals surface area (Å²) in [5.41, 5.74) is 0.859. The number of hydrogen-bond acceptors (Lipinski definition) is 4. The molecule has 2 N–H and O–H groups in total. The number of H-pyrrole nitrogens is 1. The van der Waals surface area contributed by atoms with Crippen LogP contribution in [0.2, 0.25) is 0 Å². The van der Waals surface area contributed by atoms with Crippen LogP contribution in [0, 0.1) is 0 Å². The van der Waals surface area contributed by atoms with Crippen molar-refractivity contribution >= 4 is 11.8 Å². The monoisotopic (exact) mass is 251 g/mol. The van der Waals surface area contributed by atoms with Crippen molar-refractivity contribution in [3.8, 4) is 0 Å². The largest absolute Gasteiger partial charge is 0.310 e. The Morgan fingerprint density at radius 1 is 1.47 bits per heavy atom. The van der Waals surface area contributed by atoms with Crippen LogP contribution in [0.15, 0.2) is 10.9 Å². The van der Waals surface area contributed by atoms with Gasteiger partial charge in [0, 0.05) is 18.7 Å². The lowest BCUT2D eigenvalue weighted by molar-refractivity contribution is 0.661. The highest BCUT2D eigenvalue weighted by atomic mass is 32.2. The van der Waals surface area contributed by atoms with Crippen molar-refractivity contribution in [3.63, 3.8) is 0 Å². The molecule has 1 atom stereocenters. The molecule has 2 aliphatic rings. The lowest BCUT2D eigenvalue weighted by atomic mass is 10.2. The molecule has 1 saturated heterocycles. The molecule has 1 saturated carbocycles. The van der Waals surface area contributed by atoms with Gasteiger partial charge in [0.2, 0.25) is 0 Å². The molecule has 1 aromatic heterocycles. The molecule has 5 heteroatoms. The highest BCUT2D eigenvalue weighted by Gasteiger charge is 2.22. The molecule has 1 aromatic rings. The average molecular weight is 251 g/mol. The molecule has 0 spiro atoms. The van der Waals surface area contributed by atoms with Gasteiger partial charge < -0.3 is 10.3 Å². The Morgan fingerprint density at radius 3 is 3.06 bits per heavy atom. The Balaban J connectivity index is 1.75. The summed E-state index contributed by atoms with van der Waals surface area (Å²) < 4.78 is 0. The number of nitrogens with zero attached hydrogens (tertiary/aromatic N) is 1. The van der Waals surface area contributed by atoms with Crippen molar-refractivity contribution in [2.24, 2.45) is 0 Å². The number of thioether (sulfide) groups is 1. The minimum Gasteiger partial charge on any atom is -0.310 e. The van der Waals surface area contributed by atoms with Crippen molar-refractivity contribution in [2.45, 2.75) is 43.5 Å². The van der Waals surface area contributed by atoms with E-state index in [2.05, 4.69) is 15.3 Å². The maximum Gasteiger partial charge on any atom is 0.251 e. The van der Waals surface area contributed by atoms with E-state index in [9.17, 15) is 4.79 Å². The van der Waals surface area contributed by atoms with Crippen LogP contribution in [0.1, 0.15) is 42.5 Å². The van der Waals surface area contributed by atoms with E-state index < -0.39 is 0 Å². The molecule has 0 aromatic carbocycles. The third kappa shape index (κ3) is 2.90. The van der Waals surface area contributed by atoms with Gasteiger partial charge in [-0.1, -0.05) is 0 Å². The van der Waals surface area contributed by atoms with Crippen LogP contribution in [-0.4, -0.2) is 21.8 Å². The number of rotatable bonds is 4. The first-order chi connectivity index (χ1) is 8.31. The van der Waals surface area contributed by atoms with Crippen molar-refractivity contribution < 1.29 is 0 Å². The summed E-state index contributed by atoms with van der Waals surface area (Å²) in [6.07, 6.45) is 4.87. The van der Waals surface area contributed by atoms with Crippen LogP contribution in [0.5, 0.6) is 0 Å². The molecule has 1 aliphatic carbocycles. The zero-order chi connectivity index (χ0) is 11.7. The number of nitrogens with one attached hydrogen (secondary N) is 2. The van der Waals surface area contributed by atoms with Crippen molar-refractivity contribution in [1.29, 1.82) is 0 Å². The van der Waals surface area contributed by atoms with E-state index in [-0.39, 0.29) is 5.56 Å². The molecule has 17 heavy (non-hydrogen) atoms. The summed E-state index contributed by atoms with van der Waals surface area (Å²) in [7, 11) is 0. The molecular formula is C12H17N3OS. The zero-order valence-corrected chi connectivity index (χ0v) is 10.6. The third-order valence-corrected chi connectivity index (χ3v) is 4.58. The first-order valence-electron chi connectivity index (χ1n) is 6.26. The van der Waals surface area contributed by atoms with Crippen LogP contribution < -0.4 is 10.9 Å². The van der Waals surface area contributed by atoms with Gasteiger partial charge in [-0.2, -0.15) is 11.8 Å². The van der Waals surface area contributed by atoms with Gasteiger partial charge in [-0.05, 0) is 31.4 Å². The standard InChI is InChI=1S/C12H17N3OS/c16-11-6-9(7-13-8-3-4-8)14-12(15-11)10-2-1-5-17-10/h6,8,10,13H,1-5,7H2,(H,14,15,16). The van der Waals surface area contributed by atoms with Gasteiger partial charge in [0.1, 0.15) is 5.82 Å². The molecule has 0 radical (unpaired) electrons. The third-order valence-electron chi connectivity index (χ3n) is 3.20. The van der Waals surface area contributed by atoms with E-state index in [0.717, 1.165) is 24.5 Å². The van der Waals surface area contributed by atoms with Crippen molar-refractivity contribution in [3.05, 3.63) is 27.9 Å². The Morgan fingerprint density at radius 2 is 2.35 bits per heavy atom. The first kappa shape index (κ1) is 11.3. The second-order valence-electron chi connectivity index (χ2n) is 4.78. The fourth-order valence-electron chi connectivity index (χ4n) is 2.10. The van der Waals surface area contributed by atoms with Gasteiger partial charge in [-0.25, -0.2) is 4.98 Å². The Hall–Kier alpha value is -0.810. The number of hydrogen-bond donors (Lipinski definition) is 2. The maximum atomic E-state index is 11.6. The molecular weight excluding hydrogens is 234 g/mol. The molecule has 3 rings (SSSR count). The smallest absolute Gasteiger partial charge is 0.251 e. The van der Waals surface area contributed by atoms with Gasteiger partial charge in [0.25, 0.3) is 5.56 Å². The minimum absolute atomic E-state index is 0.0184. The summed E-state index contributed by atoms with van der Waals surface area (Å²) in [6, 6.07) is 2.26. The summed E-state index contributed by atoms with van der Waals surface area (Å²) in [5, 5.41) is 3.79. The topological polar surface area (TPSA) is 57.8 Å². The van der Waals surface area contributed by atoms with Gasteiger partial charge in [0.15, 0.2) is 0 Å². The molecule has 92 valence electrons. The van der Waals surface area contributed by atoms with E-state index in [1.54, 1.807) is 6.07 Å².